The number of nitrogens with two attached hydrogens (primary N) is 1. The van der Waals surface area contributed by atoms with E-state index in [1.54, 1.807) is 24.3 Å². The fraction of sp³-hybridized carbons (Fsp3) is 0.286. The molecule has 0 saturated heterocycles. The lowest BCUT2D eigenvalue weighted by Gasteiger charge is -2.40. The fourth-order valence-corrected chi connectivity index (χ4v) is 8.80. The molecule has 0 fully saturated rings. The first-order valence-corrected chi connectivity index (χ1v) is 23.6. The number of aliphatic carboxylic acids is 1. The summed E-state index contributed by atoms with van der Waals surface area (Å²) in [6.45, 7) is 6.96. The number of aliphatic hydroxyl groups excluding tert-OH is 2. The number of carboxylic acid groups (broad SMARTS) is 1. The molecule has 6 aromatic carbocycles. The largest absolute Gasteiger partial charge is 0.493 e. The molecule has 1 amide bonds. The average molecular weight is 998 g/mol. The number of carbonyl (C=O) groups is 4. The zero-order valence-corrected chi connectivity index (χ0v) is 41.9. The number of ether oxygens (including phenoxy) is 5. The van der Waals surface area contributed by atoms with Gasteiger partial charge in [-0.05, 0) is 137 Å². The fourth-order valence-electron chi connectivity index (χ4n) is 8.80. The van der Waals surface area contributed by atoms with E-state index in [0.29, 0.717) is 56.6 Å². The van der Waals surface area contributed by atoms with Crippen molar-refractivity contribution < 1.29 is 58.2 Å². The monoisotopic (exact) mass is 997 g/mol. The predicted molar refractivity (Wildman–Crippen MR) is 279 cm³/mol. The van der Waals surface area contributed by atoms with Crippen molar-refractivity contribution in [3.63, 3.8) is 0 Å². The lowest BCUT2D eigenvalue weighted by molar-refractivity contribution is -0.148. The first-order valence-electron chi connectivity index (χ1n) is 23.6. The molecule has 2 aliphatic carbocycles. The van der Waals surface area contributed by atoms with Gasteiger partial charge < -0.3 is 44.3 Å². The van der Waals surface area contributed by atoms with E-state index in [4.69, 9.17) is 29.5 Å². The quantitative estimate of drug-likeness (QED) is 0.0265. The Morgan fingerprint density at radius 3 is 1.99 bits per heavy atom. The van der Waals surface area contributed by atoms with Gasteiger partial charge >= 0.3 is 5.97 Å². The number of hydrogen-bond acceptors (Lipinski definition) is 15. The van der Waals surface area contributed by atoms with Crippen LogP contribution < -0.4 is 51.1 Å². The second-order valence-electron chi connectivity index (χ2n) is 17.3. The molecule has 17 heteroatoms. The molecule has 384 valence electrons. The zero-order chi connectivity index (χ0) is 52.8. The molecule has 6 aromatic rings. The van der Waals surface area contributed by atoms with Crippen LogP contribution in [0.1, 0.15) is 71.0 Å². The Labute approximate surface area is 423 Å². The number of benzene rings is 6. The van der Waals surface area contributed by atoms with Crippen molar-refractivity contribution in [1.82, 2.24) is 21.6 Å². The van der Waals surface area contributed by atoms with Crippen molar-refractivity contribution in [2.75, 3.05) is 48.3 Å². The number of hydrogen-bond donors (Lipinski definition) is 8. The van der Waals surface area contributed by atoms with Gasteiger partial charge in [0.05, 0.1) is 33.4 Å². The molecule has 17 nitrogen and oxygen atoms in total. The number of rotatable bonds is 13. The summed E-state index contributed by atoms with van der Waals surface area (Å²) < 4.78 is 27.2. The molecule has 9 rings (SSSR count). The third-order valence-corrected chi connectivity index (χ3v) is 12.3. The summed E-state index contributed by atoms with van der Waals surface area (Å²) in [5, 5.41) is 38.2. The topological polar surface area (TPSA) is 249 Å². The molecule has 4 atom stereocenters. The molecule has 1 heterocycles. The summed E-state index contributed by atoms with van der Waals surface area (Å²) in [7, 11) is 6.26. The van der Waals surface area contributed by atoms with Crippen LogP contribution in [0, 0.1) is 11.8 Å². The normalized spacial score (nSPS) is 17.2. The molecule has 0 radical (unpaired) electrons. The Kier molecular flexibility index (Phi) is 19.2. The Balaban J connectivity index is 0.000000181. The molecule has 0 bridgehead atoms. The number of hydrazine groups is 2. The van der Waals surface area contributed by atoms with E-state index in [1.165, 1.54) is 39.6 Å². The van der Waals surface area contributed by atoms with Gasteiger partial charge in [0.1, 0.15) is 0 Å². The summed E-state index contributed by atoms with van der Waals surface area (Å²) in [4.78, 5) is 47.8. The Morgan fingerprint density at radius 1 is 0.808 bits per heavy atom. The van der Waals surface area contributed by atoms with Crippen LogP contribution in [-0.4, -0.2) is 93.1 Å². The number of amides is 1. The number of allylic oxidation sites excluding steroid dienone is 4. The number of methoxy groups -OCH3 is 3. The highest BCUT2D eigenvalue weighted by atomic mass is 16.7. The third-order valence-electron chi connectivity index (χ3n) is 12.3. The number of aliphatic hydroxyl groups is 2. The van der Waals surface area contributed by atoms with Gasteiger partial charge in [0.15, 0.2) is 34.6 Å². The Hall–Kier alpha value is -7.64. The lowest BCUT2D eigenvalue weighted by Crippen LogP contribution is -2.40. The van der Waals surface area contributed by atoms with Gasteiger partial charge in [0.25, 0.3) is 5.91 Å². The number of carbonyl (C=O) groups excluding carboxylic acids is 3. The molecule has 9 N–H and O–H groups in total. The van der Waals surface area contributed by atoms with E-state index in [1.807, 2.05) is 88.5 Å². The molecule has 1 aliphatic heterocycles. The molecule has 0 saturated carbocycles. The highest BCUT2D eigenvalue weighted by molar-refractivity contribution is 6.35. The summed E-state index contributed by atoms with van der Waals surface area (Å²) in [5.41, 5.74) is 13.0. The number of nitrogens with one attached hydrogen (secondary N) is 4. The van der Waals surface area contributed by atoms with E-state index < -0.39 is 36.4 Å². The summed E-state index contributed by atoms with van der Waals surface area (Å²) in [6.07, 6.45) is 2.89. The Bertz CT molecular complexity index is 2960. The standard InChI is InChI=1S/C22H24O9.C20H12O2.C12H19N3O.C2H8N2/c1-27-16-4-10(5-17(28-2)21(16)29-3)18-11-6-14-15(31-9-30-14)7-12(11)20(24)13(8-23)19(18)22(25)26;21-16-8-9-20(22)19(12-16)17-7-3-6-15-10-13-4-1-2-5-14(13)11-18(15)17;1-9(2)15-12(16)11-6-4-10(5-7-11)8-14-13-3;1-2-4-3/h4-7,13,18-20,23-24H,8-9H2,1-3H3,(H,25,26);1-12H;4-7,9,13-14H,8H2,1-3H3,(H,15,16);4H,2-3H2,1H3/t13-,18+,19-,20-;;;/m0.../s1. The maximum Gasteiger partial charge on any atom is 0.307 e. The van der Waals surface area contributed by atoms with Crippen molar-refractivity contribution in [3.05, 3.63) is 155 Å². The van der Waals surface area contributed by atoms with Crippen LogP contribution in [0.2, 0.25) is 0 Å². The molecular formula is C56H63N5O12. The van der Waals surface area contributed by atoms with Crippen molar-refractivity contribution in [3.8, 4) is 28.7 Å². The highest BCUT2D eigenvalue weighted by Gasteiger charge is 2.48. The lowest BCUT2D eigenvalue weighted by atomic mass is 9.65. The second-order valence-corrected chi connectivity index (χ2v) is 17.3. The minimum atomic E-state index is -1.19. The molecule has 73 heavy (non-hydrogen) atoms. The SMILES string of the molecule is CCNN.CNNCc1ccc(C(=O)NC(C)C)cc1.COc1cc([C@@H]2c3cc4c(cc3[C@H](O)[C@@H](CO)[C@@H]2C(=O)O)OCO4)cc(OC)c1OC.O=C1C=CC(=O)C(c2cccc3cc4ccccc4cc23)=C1. The molecule has 0 spiro atoms. The Morgan fingerprint density at radius 2 is 1.42 bits per heavy atom. The van der Waals surface area contributed by atoms with Crippen molar-refractivity contribution in [1.29, 1.82) is 0 Å². The summed E-state index contributed by atoms with van der Waals surface area (Å²) in [6, 6.07) is 32.6. The van der Waals surface area contributed by atoms with Crippen LogP contribution in [0.5, 0.6) is 28.7 Å². The van der Waals surface area contributed by atoms with Crippen molar-refractivity contribution >= 4 is 50.6 Å². The van der Waals surface area contributed by atoms with Gasteiger partial charge in [-0.15, -0.1) is 0 Å². The number of carboxylic acids is 1. The minimum Gasteiger partial charge on any atom is -0.493 e. The van der Waals surface area contributed by atoms with E-state index in [9.17, 15) is 34.5 Å². The molecule has 3 aliphatic rings. The van der Waals surface area contributed by atoms with Crippen LogP contribution in [0.25, 0.3) is 27.1 Å². The maximum absolute atomic E-state index is 12.4. The van der Waals surface area contributed by atoms with Crippen LogP contribution in [-0.2, 0) is 20.9 Å². The number of fused-ring (bicyclic) bond motifs is 4. The van der Waals surface area contributed by atoms with E-state index in [-0.39, 0.29) is 30.3 Å². The second kappa shape index (κ2) is 25.7. The first kappa shape index (κ1) is 54.7. The molecule has 0 aromatic heterocycles. The smallest absolute Gasteiger partial charge is 0.307 e. The predicted octanol–water partition coefficient (Wildman–Crippen LogP) is 6.53. The third kappa shape index (κ3) is 12.9. The van der Waals surface area contributed by atoms with Gasteiger partial charge in [-0.2, -0.15) is 0 Å². The maximum atomic E-state index is 12.4. The van der Waals surface area contributed by atoms with Gasteiger partial charge in [0.2, 0.25) is 12.5 Å². The van der Waals surface area contributed by atoms with Crippen LogP contribution in [0.3, 0.4) is 0 Å². The summed E-state index contributed by atoms with van der Waals surface area (Å²) >= 11 is 0. The first-order chi connectivity index (χ1) is 35.2. The van der Waals surface area contributed by atoms with Gasteiger partial charge in [-0.25, -0.2) is 0 Å². The minimum absolute atomic E-state index is 0.0249. The van der Waals surface area contributed by atoms with Crippen LogP contribution >= 0.6 is 0 Å². The van der Waals surface area contributed by atoms with E-state index >= 15 is 0 Å². The van der Waals surface area contributed by atoms with Crippen molar-refractivity contribution in [2.45, 2.75) is 45.4 Å². The molecule has 0 unspecified atom stereocenters. The number of ketones is 2. The van der Waals surface area contributed by atoms with Crippen molar-refractivity contribution in [2.24, 2.45) is 17.7 Å². The molecular weight excluding hydrogens is 935 g/mol. The average Bonchev–Trinajstić information content (AvgIpc) is 3.87. The zero-order valence-electron chi connectivity index (χ0n) is 41.9. The van der Waals surface area contributed by atoms with Gasteiger partial charge in [0, 0.05) is 48.7 Å². The van der Waals surface area contributed by atoms with Gasteiger partial charge in [-0.1, -0.05) is 61.5 Å². The highest BCUT2D eigenvalue weighted by Crippen LogP contribution is 2.53. The van der Waals surface area contributed by atoms with E-state index in [2.05, 4.69) is 39.8 Å². The van der Waals surface area contributed by atoms with Crippen LogP contribution in [0.15, 0.2) is 121 Å². The van der Waals surface area contributed by atoms with Gasteiger partial charge in [-0.3, -0.25) is 41.3 Å². The van der Waals surface area contributed by atoms with E-state index in [0.717, 1.165) is 45.8 Å². The summed E-state index contributed by atoms with van der Waals surface area (Å²) in [5.74, 6) is 2.62. The van der Waals surface area contributed by atoms with Crippen LogP contribution in [0.4, 0.5) is 0 Å².